The topological polar surface area (TPSA) is 90.9 Å². The second-order valence-corrected chi connectivity index (χ2v) is 6.71. The number of aromatic nitrogens is 3. The molecule has 0 bridgehead atoms. The van der Waals surface area contributed by atoms with Crippen LogP contribution in [0.3, 0.4) is 0 Å². The van der Waals surface area contributed by atoms with Gasteiger partial charge in [-0.1, -0.05) is 12.1 Å². The van der Waals surface area contributed by atoms with Crippen LogP contribution in [0.25, 0.3) is 23.1 Å². The van der Waals surface area contributed by atoms with Gasteiger partial charge in [0.15, 0.2) is 0 Å². The van der Waals surface area contributed by atoms with E-state index in [1.54, 1.807) is 25.4 Å². The molecule has 3 aromatic rings. The number of hydrogen-bond acceptors (Lipinski definition) is 4. The Morgan fingerprint density at radius 1 is 1.37 bits per heavy atom. The number of rotatable bonds is 8. The molecule has 140 valence electrons. The van der Waals surface area contributed by atoms with Crippen molar-refractivity contribution in [3.8, 4) is 0 Å². The van der Waals surface area contributed by atoms with Gasteiger partial charge in [0.2, 0.25) is 6.41 Å². The van der Waals surface area contributed by atoms with Crippen LogP contribution >= 0.6 is 0 Å². The first kappa shape index (κ1) is 18.7. The molecule has 2 aromatic heterocycles. The van der Waals surface area contributed by atoms with Crippen molar-refractivity contribution in [3.63, 3.8) is 0 Å². The van der Waals surface area contributed by atoms with Gasteiger partial charge in [0.1, 0.15) is 5.82 Å². The summed E-state index contributed by atoms with van der Waals surface area (Å²) in [4.78, 5) is 14.4. The van der Waals surface area contributed by atoms with Gasteiger partial charge < -0.3 is 10.4 Å². The SMILES string of the molecule is CC(O)(CCNC=O)Cc1cc2c(/C=C/c3cccnc3)n[nH]c2cc1F. The molecule has 7 heteroatoms. The number of nitrogens with one attached hydrogen (secondary N) is 2. The van der Waals surface area contributed by atoms with E-state index >= 15 is 0 Å². The molecule has 6 nitrogen and oxygen atoms in total. The van der Waals surface area contributed by atoms with Gasteiger partial charge in [-0.05, 0) is 48.7 Å². The predicted octanol–water partition coefficient (Wildman–Crippen LogP) is 2.70. The van der Waals surface area contributed by atoms with E-state index in [1.165, 1.54) is 6.07 Å². The first-order chi connectivity index (χ1) is 13.0. The number of halogens is 1. The minimum Gasteiger partial charge on any atom is -0.390 e. The highest BCUT2D eigenvalue weighted by Crippen LogP contribution is 2.26. The third-order valence-corrected chi connectivity index (χ3v) is 4.34. The molecule has 27 heavy (non-hydrogen) atoms. The number of hydrogen-bond donors (Lipinski definition) is 3. The van der Waals surface area contributed by atoms with Crippen molar-refractivity contribution in [2.45, 2.75) is 25.4 Å². The summed E-state index contributed by atoms with van der Waals surface area (Å²) in [6, 6.07) is 6.86. The first-order valence-electron chi connectivity index (χ1n) is 8.62. The van der Waals surface area contributed by atoms with Crippen LogP contribution in [0, 0.1) is 5.82 Å². The predicted molar refractivity (Wildman–Crippen MR) is 102 cm³/mol. The molecular formula is C20H21FN4O2. The largest absolute Gasteiger partial charge is 0.390 e. The lowest BCUT2D eigenvalue weighted by Gasteiger charge is -2.23. The zero-order valence-corrected chi connectivity index (χ0v) is 14.9. The van der Waals surface area contributed by atoms with Gasteiger partial charge in [-0.3, -0.25) is 14.9 Å². The van der Waals surface area contributed by atoms with Gasteiger partial charge in [-0.15, -0.1) is 0 Å². The molecule has 0 aliphatic rings. The highest BCUT2D eigenvalue weighted by Gasteiger charge is 2.23. The van der Waals surface area contributed by atoms with E-state index in [4.69, 9.17) is 0 Å². The fourth-order valence-electron chi connectivity index (χ4n) is 2.91. The van der Waals surface area contributed by atoms with Crippen LogP contribution in [-0.4, -0.2) is 38.8 Å². The Morgan fingerprint density at radius 2 is 2.22 bits per heavy atom. The summed E-state index contributed by atoms with van der Waals surface area (Å²) in [5, 5.41) is 20.8. The highest BCUT2D eigenvalue weighted by molar-refractivity contribution is 5.89. The Kier molecular flexibility index (Phi) is 5.61. The molecule has 3 N–H and O–H groups in total. The van der Waals surface area contributed by atoms with Crippen molar-refractivity contribution in [2.24, 2.45) is 0 Å². The lowest BCUT2D eigenvalue weighted by molar-refractivity contribution is -0.109. The van der Waals surface area contributed by atoms with Crippen LogP contribution in [0.1, 0.15) is 30.2 Å². The number of H-pyrrole nitrogens is 1. The van der Waals surface area contributed by atoms with Gasteiger partial charge in [0.25, 0.3) is 0 Å². The van der Waals surface area contributed by atoms with Crippen molar-refractivity contribution in [2.75, 3.05) is 6.54 Å². The summed E-state index contributed by atoms with van der Waals surface area (Å²) < 4.78 is 14.4. The molecule has 3 rings (SSSR count). The third kappa shape index (κ3) is 4.77. The van der Waals surface area contributed by atoms with Crippen molar-refractivity contribution in [3.05, 3.63) is 59.3 Å². The fourth-order valence-corrected chi connectivity index (χ4v) is 2.91. The van der Waals surface area contributed by atoms with E-state index in [-0.39, 0.29) is 6.42 Å². The normalized spacial score (nSPS) is 13.7. The van der Waals surface area contributed by atoms with E-state index in [2.05, 4.69) is 20.5 Å². The van der Waals surface area contributed by atoms with E-state index < -0.39 is 11.4 Å². The standard InChI is InChI=1S/C20H21FN4O2/c1-20(27,6-8-23-13-26)11-15-9-16-18(24-25-19(16)10-17(15)21)5-4-14-3-2-7-22-12-14/h2-5,7,9-10,12-13,27H,6,8,11H2,1H3,(H,23,26)(H,24,25)/b5-4+. The van der Waals surface area contributed by atoms with E-state index in [9.17, 15) is 14.3 Å². The molecule has 0 saturated heterocycles. The number of benzene rings is 1. The molecule has 0 fully saturated rings. The number of fused-ring (bicyclic) bond motifs is 1. The second kappa shape index (κ2) is 8.09. The maximum atomic E-state index is 14.4. The van der Waals surface area contributed by atoms with Crippen molar-refractivity contribution >= 4 is 29.5 Å². The van der Waals surface area contributed by atoms with Gasteiger partial charge in [-0.25, -0.2) is 4.39 Å². The Morgan fingerprint density at radius 3 is 2.96 bits per heavy atom. The number of aromatic amines is 1. The summed E-state index contributed by atoms with van der Waals surface area (Å²) in [7, 11) is 0. The molecule has 0 saturated carbocycles. The fraction of sp³-hybridized carbons (Fsp3) is 0.250. The molecule has 0 spiro atoms. The van der Waals surface area contributed by atoms with E-state index in [0.717, 1.165) is 10.9 Å². The Labute approximate surface area is 156 Å². The van der Waals surface area contributed by atoms with Crippen LogP contribution < -0.4 is 5.32 Å². The summed E-state index contributed by atoms with van der Waals surface area (Å²) in [5.41, 5.74) is 1.46. The van der Waals surface area contributed by atoms with Crippen molar-refractivity contribution in [1.29, 1.82) is 0 Å². The van der Waals surface area contributed by atoms with Crippen molar-refractivity contribution < 1.29 is 14.3 Å². The molecular weight excluding hydrogens is 347 g/mol. The first-order valence-corrected chi connectivity index (χ1v) is 8.62. The lowest BCUT2D eigenvalue weighted by Crippen LogP contribution is -2.32. The quantitative estimate of drug-likeness (QED) is 0.421. The molecule has 1 amide bonds. The smallest absolute Gasteiger partial charge is 0.207 e. The molecule has 1 unspecified atom stereocenters. The molecule has 2 heterocycles. The molecule has 0 aliphatic heterocycles. The summed E-state index contributed by atoms with van der Waals surface area (Å²) >= 11 is 0. The zero-order valence-electron chi connectivity index (χ0n) is 14.9. The average molecular weight is 368 g/mol. The maximum Gasteiger partial charge on any atom is 0.207 e. The van der Waals surface area contributed by atoms with Gasteiger partial charge >= 0.3 is 0 Å². The van der Waals surface area contributed by atoms with Crippen LogP contribution in [0.4, 0.5) is 4.39 Å². The summed E-state index contributed by atoms with van der Waals surface area (Å²) in [5.74, 6) is -0.405. The van der Waals surface area contributed by atoms with E-state index in [0.29, 0.717) is 36.1 Å². The Hall–Kier alpha value is -3.06. The number of amides is 1. The lowest BCUT2D eigenvalue weighted by atomic mass is 9.92. The van der Waals surface area contributed by atoms with Gasteiger partial charge in [-0.2, -0.15) is 5.10 Å². The minimum atomic E-state index is -1.14. The minimum absolute atomic E-state index is 0.131. The Balaban J connectivity index is 1.86. The number of carbonyl (C=O) groups excluding carboxylic acids is 1. The summed E-state index contributed by atoms with van der Waals surface area (Å²) in [6.45, 7) is 1.95. The van der Waals surface area contributed by atoms with Crippen LogP contribution in [0.5, 0.6) is 0 Å². The van der Waals surface area contributed by atoms with Crippen molar-refractivity contribution in [1.82, 2.24) is 20.5 Å². The third-order valence-electron chi connectivity index (χ3n) is 4.34. The number of pyridine rings is 1. The highest BCUT2D eigenvalue weighted by atomic mass is 19.1. The molecule has 1 aromatic carbocycles. The zero-order chi connectivity index (χ0) is 19.3. The maximum absolute atomic E-state index is 14.4. The van der Waals surface area contributed by atoms with Gasteiger partial charge in [0, 0.05) is 30.7 Å². The van der Waals surface area contributed by atoms with E-state index in [1.807, 2.05) is 24.3 Å². The average Bonchev–Trinajstić information content (AvgIpc) is 3.03. The summed E-state index contributed by atoms with van der Waals surface area (Å²) in [6.07, 6.45) is 8.19. The molecule has 0 aliphatic carbocycles. The van der Waals surface area contributed by atoms with Gasteiger partial charge in [0.05, 0.1) is 16.8 Å². The monoisotopic (exact) mass is 368 g/mol. The number of aliphatic hydroxyl groups is 1. The Bertz CT molecular complexity index is 951. The molecule has 0 radical (unpaired) electrons. The second-order valence-electron chi connectivity index (χ2n) is 6.71. The number of carbonyl (C=O) groups is 1. The van der Waals surface area contributed by atoms with Crippen LogP contribution in [0.2, 0.25) is 0 Å². The van der Waals surface area contributed by atoms with Crippen LogP contribution in [-0.2, 0) is 11.2 Å². The number of nitrogens with zero attached hydrogens (tertiary/aromatic N) is 2. The molecule has 1 atom stereocenters. The van der Waals surface area contributed by atoms with Crippen LogP contribution in [0.15, 0.2) is 36.7 Å².